The Morgan fingerprint density at radius 1 is 1.09 bits per heavy atom. The number of Topliss-reactive ketones (excluding diaryl/α,β-unsaturated/α-hetero) is 1. The number of nitrogens with zero attached hydrogens (tertiary/aromatic N) is 1. The van der Waals surface area contributed by atoms with Crippen LogP contribution in [0.2, 0.25) is 0 Å². The number of hydrogen-bond acceptors (Lipinski definition) is 6. The third kappa shape index (κ3) is 6.02. The second-order valence-corrected chi connectivity index (χ2v) is 8.72. The number of esters is 1. The van der Waals surface area contributed by atoms with E-state index >= 15 is 0 Å². The standard InChI is InChI=1S/C25H29N3O5.BrH/c1-6-32-21-11-17-13-28(22(26)18(17)12-19(21)23(30)27-5)14-20(29)15-7-9-16(10-8-15)24(31)33-25(2,3)4;/h7-12,26H,6,13-14H2,1-5H3,(H,27,30);1H. The van der Waals surface area contributed by atoms with Crippen molar-refractivity contribution in [3.05, 3.63) is 64.2 Å². The van der Waals surface area contributed by atoms with E-state index in [1.807, 2.05) is 6.92 Å². The summed E-state index contributed by atoms with van der Waals surface area (Å²) < 4.78 is 11.0. The van der Waals surface area contributed by atoms with E-state index in [1.165, 1.54) is 7.05 Å². The fraction of sp³-hybridized carbons (Fsp3) is 0.360. The van der Waals surface area contributed by atoms with E-state index in [9.17, 15) is 14.4 Å². The number of nitrogens with one attached hydrogen (secondary N) is 2. The SMILES string of the molecule is Br.CCOc1cc2c(cc1C(=O)NC)C(=N)N(CC(=O)c1ccc(C(=O)OC(C)(C)C)cc1)C2. The number of carbonyl (C=O) groups excluding carboxylic acids is 3. The molecule has 0 radical (unpaired) electrons. The van der Waals surface area contributed by atoms with Gasteiger partial charge in [0.1, 0.15) is 17.2 Å². The van der Waals surface area contributed by atoms with Gasteiger partial charge < -0.3 is 19.7 Å². The number of ether oxygens (including phenoxy) is 2. The molecule has 0 bridgehead atoms. The third-order valence-electron chi connectivity index (χ3n) is 5.09. The summed E-state index contributed by atoms with van der Waals surface area (Å²) in [5, 5.41) is 11.1. The summed E-state index contributed by atoms with van der Waals surface area (Å²) in [6.45, 7) is 7.98. The Morgan fingerprint density at radius 2 is 1.71 bits per heavy atom. The lowest BCUT2D eigenvalue weighted by atomic mass is 10.0. The Hall–Kier alpha value is -3.20. The molecule has 1 heterocycles. The number of fused-ring (bicyclic) bond motifs is 1. The largest absolute Gasteiger partial charge is 0.493 e. The van der Waals surface area contributed by atoms with Crippen molar-refractivity contribution in [2.24, 2.45) is 0 Å². The normalized spacial score (nSPS) is 12.5. The van der Waals surface area contributed by atoms with E-state index in [-0.39, 0.29) is 41.1 Å². The molecular weight excluding hydrogens is 502 g/mol. The van der Waals surface area contributed by atoms with Crippen LogP contribution in [0.4, 0.5) is 0 Å². The van der Waals surface area contributed by atoms with Crippen LogP contribution >= 0.6 is 17.0 Å². The summed E-state index contributed by atoms with van der Waals surface area (Å²) in [4.78, 5) is 38.9. The van der Waals surface area contributed by atoms with Gasteiger partial charge in [0.2, 0.25) is 0 Å². The molecule has 3 rings (SSSR count). The minimum atomic E-state index is -0.601. The molecule has 2 N–H and O–H groups in total. The van der Waals surface area contributed by atoms with Gasteiger partial charge >= 0.3 is 5.97 Å². The Labute approximate surface area is 209 Å². The van der Waals surface area contributed by atoms with Crippen molar-refractivity contribution in [2.45, 2.75) is 39.8 Å². The first kappa shape index (κ1) is 27.0. The van der Waals surface area contributed by atoms with E-state index in [2.05, 4.69) is 5.32 Å². The predicted octanol–water partition coefficient (Wildman–Crippen LogP) is 4.00. The first-order chi connectivity index (χ1) is 15.5. The van der Waals surface area contributed by atoms with Gasteiger partial charge in [-0.15, -0.1) is 17.0 Å². The number of ketones is 1. The molecule has 0 saturated carbocycles. The highest BCUT2D eigenvalue weighted by atomic mass is 79.9. The molecule has 2 aromatic rings. The Morgan fingerprint density at radius 3 is 2.26 bits per heavy atom. The summed E-state index contributed by atoms with van der Waals surface area (Å²) in [6.07, 6.45) is 0. The maximum Gasteiger partial charge on any atom is 0.338 e. The Kier molecular flexibility index (Phi) is 8.61. The maximum absolute atomic E-state index is 12.9. The monoisotopic (exact) mass is 531 g/mol. The number of halogens is 1. The summed E-state index contributed by atoms with van der Waals surface area (Å²) in [5.41, 5.74) is 1.99. The van der Waals surface area contributed by atoms with Crippen molar-refractivity contribution in [2.75, 3.05) is 20.2 Å². The van der Waals surface area contributed by atoms with E-state index in [0.29, 0.717) is 41.2 Å². The van der Waals surface area contributed by atoms with Crippen LogP contribution in [0.25, 0.3) is 0 Å². The van der Waals surface area contributed by atoms with Crippen molar-refractivity contribution < 1.29 is 23.9 Å². The molecule has 1 aliphatic rings. The number of hydrogen-bond donors (Lipinski definition) is 2. The molecule has 0 unspecified atom stereocenters. The quantitative estimate of drug-likeness (QED) is 0.412. The molecule has 0 atom stereocenters. The molecule has 0 saturated heterocycles. The average Bonchev–Trinajstić information content (AvgIpc) is 3.06. The molecule has 34 heavy (non-hydrogen) atoms. The highest BCUT2D eigenvalue weighted by molar-refractivity contribution is 8.93. The van der Waals surface area contributed by atoms with Crippen LogP contribution in [-0.4, -0.2) is 54.2 Å². The van der Waals surface area contributed by atoms with Crippen LogP contribution in [0.5, 0.6) is 5.75 Å². The average molecular weight is 532 g/mol. The molecule has 1 amide bonds. The molecule has 1 aliphatic heterocycles. The van der Waals surface area contributed by atoms with Crippen LogP contribution in [0, 0.1) is 5.41 Å². The molecule has 2 aromatic carbocycles. The van der Waals surface area contributed by atoms with Crippen LogP contribution in [-0.2, 0) is 11.3 Å². The highest BCUT2D eigenvalue weighted by Gasteiger charge is 2.29. The molecule has 8 nitrogen and oxygen atoms in total. The van der Waals surface area contributed by atoms with Gasteiger partial charge in [-0.05, 0) is 57.5 Å². The summed E-state index contributed by atoms with van der Waals surface area (Å²) in [5.74, 6) is -0.296. The number of benzene rings is 2. The zero-order valence-electron chi connectivity index (χ0n) is 20.0. The molecule has 0 aliphatic carbocycles. The second-order valence-electron chi connectivity index (χ2n) is 8.72. The lowest BCUT2D eigenvalue weighted by Crippen LogP contribution is -2.30. The number of amides is 1. The van der Waals surface area contributed by atoms with Crippen LogP contribution in [0.1, 0.15) is 69.9 Å². The maximum atomic E-state index is 12.9. The molecule has 0 aromatic heterocycles. The predicted molar refractivity (Wildman–Crippen MR) is 135 cm³/mol. The van der Waals surface area contributed by atoms with Gasteiger partial charge in [-0.3, -0.25) is 15.0 Å². The number of amidine groups is 1. The van der Waals surface area contributed by atoms with Crippen LogP contribution in [0.3, 0.4) is 0 Å². The molecule has 0 fully saturated rings. The Bertz CT molecular complexity index is 1110. The highest BCUT2D eigenvalue weighted by Crippen LogP contribution is 2.30. The molecule has 9 heteroatoms. The minimum absolute atomic E-state index is 0. The topological polar surface area (TPSA) is 109 Å². The van der Waals surface area contributed by atoms with Gasteiger partial charge in [-0.25, -0.2) is 4.79 Å². The first-order valence-corrected chi connectivity index (χ1v) is 10.8. The summed E-state index contributed by atoms with van der Waals surface area (Å²) in [7, 11) is 1.54. The number of carbonyl (C=O) groups is 3. The van der Waals surface area contributed by atoms with Gasteiger partial charge in [-0.1, -0.05) is 12.1 Å². The van der Waals surface area contributed by atoms with E-state index in [1.54, 1.807) is 62.1 Å². The van der Waals surface area contributed by atoms with Gasteiger partial charge in [-0.2, -0.15) is 0 Å². The number of rotatable bonds is 7. The van der Waals surface area contributed by atoms with Crippen LogP contribution < -0.4 is 10.1 Å². The van der Waals surface area contributed by atoms with Crippen molar-refractivity contribution >= 4 is 40.5 Å². The van der Waals surface area contributed by atoms with Gasteiger partial charge in [0.05, 0.1) is 24.3 Å². The lowest BCUT2D eigenvalue weighted by Gasteiger charge is -2.19. The van der Waals surface area contributed by atoms with Crippen molar-refractivity contribution in [1.29, 1.82) is 5.41 Å². The van der Waals surface area contributed by atoms with Gasteiger partial charge in [0, 0.05) is 24.7 Å². The zero-order chi connectivity index (χ0) is 24.3. The van der Waals surface area contributed by atoms with E-state index in [4.69, 9.17) is 14.9 Å². The summed E-state index contributed by atoms with van der Waals surface area (Å²) in [6, 6.07) is 9.71. The fourth-order valence-corrected chi connectivity index (χ4v) is 3.54. The zero-order valence-corrected chi connectivity index (χ0v) is 21.7. The Balaban J connectivity index is 0.00000408. The summed E-state index contributed by atoms with van der Waals surface area (Å²) >= 11 is 0. The third-order valence-corrected chi connectivity index (χ3v) is 5.09. The van der Waals surface area contributed by atoms with Gasteiger partial charge in [0.15, 0.2) is 5.78 Å². The van der Waals surface area contributed by atoms with Crippen molar-refractivity contribution in [1.82, 2.24) is 10.2 Å². The van der Waals surface area contributed by atoms with Gasteiger partial charge in [0.25, 0.3) is 5.91 Å². The van der Waals surface area contributed by atoms with Crippen molar-refractivity contribution in [3.63, 3.8) is 0 Å². The second kappa shape index (κ2) is 10.8. The first-order valence-electron chi connectivity index (χ1n) is 10.8. The molecule has 0 spiro atoms. The molecule has 182 valence electrons. The smallest absolute Gasteiger partial charge is 0.338 e. The van der Waals surface area contributed by atoms with Crippen LogP contribution in [0.15, 0.2) is 36.4 Å². The molecular formula is C25H30BrN3O5. The van der Waals surface area contributed by atoms with Crippen molar-refractivity contribution in [3.8, 4) is 5.75 Å². The van der Waals surface area contributed by atoms with E-state index < -0.39 is 11.6 Å². The lowest BCUT2D eigenvalue weighted by molar-refractivity contribution is 0.00692. The fourth-order valence-electron chi connectivity index (χ4n) is 3.54. The minimum Gasteiger partial charge on any atom is -0.493 e. The van der Waals surface area contributed by atoms with E-state index in [0.717, 1.165) is 5.56 Å².